The number of esters is 1. The van der Waals surface area contributed by atoms with Gasteiger partial charge in [-0.15, -0.1) is 0 Å². The van der Waals surface area contributed by atoms with Crippen LogP contribution in [0.3, 0.4) is 0 Å². The molecule has 0 fully saturated rings. The smallest absolute Gasteiger partial charge is 0.344 e. The number of rotatable bonds is 4. The first-order chi connectivity index (χ1) is 12.3. The molecule has 0 spiro atoms. The van der Waals surface area contributed by atoms with E-state index < -0.39 is 11.6 Å². The molecule has 3 rings (SSSR count). The van der Waals surface area contributed by atoms with Crippen LogP contribution in [-0.4, -0.2) is 18.2 Å². The van der Waals surface area contributed by atoms with Gasteiger partial charge in [-0.1, -0.05) is 6.92 Å². The number of carbonyl (C=O) groups excluding carboxylic acids is 1. The van der Waals surface area contributed by atoms with Crippen molar-refractivity contribution >= 4 is 16.9 Å². The molecule has 1 aromatic heterocycles. The molecule has 0 saturated heterocycles. The molecule has 0 radical (unpaired) electrons. The zero-order valence-corrected chi connectivity index (χ0v) is 15.9. The molecule has 1 aliphatic carbocycles. The van der Waals surface area contributed by atoms with Gasteiger partial charge in [0.1, 0.15) is 16.9 Å². The van der Waals surface area contributed by atoms with Crippen molar-refractivity contribution in [2.24, 2.45) is 0 Å². The van der Waals surface area contributed by atoms with E-state index >= 15 is 0 Å². The van der Waals surface area contributed by atoms with Gasteiger partial charge in [0, 0.05) is 17.0 Å². The maximum Gasteiger partial charge on any atom is 0.344 e. The monoisotopic (exact) mass is 358 g/mol. The van der Waals surface area contributed by atoms with E-state index in [2.05, 4.69) is 0 Å². The summed E-state index contributed by atoms with van der Waals surface area (Å²) in [7, 11) is 0. The maximum absolute atomic E-state index is 12.3. The number of benzene rings is 1. The molecular weight excluding hydrogens is 332 g/mol. The van der Waals surface area contributed by atoms with Gasteiger partial charge in [-0.25, -0.2) is 9.59 Å². The predicted octanol–water partition coefficient (Wildman–Crippen LogP) is 3.95. The fourth-order valence-corrected chi connectivity index (χ4v) is 3.43. The molecule has 0 saturated carbocycles. The van der Waals surface area contributed by atoms with Crippen LogP contribution in [-0.2, 0) is 28.8 Å². The second-order valence-corrected chi connectivity index (χ2v) is 7.74. The third-order valence-electron chi connectivity index (χ3n) is 4.55. The van der Waals surface area contributed by atoms with Crippen molar-refractivity contribution in [3.63, 3.8) is 0 Å². The van der Waals surface area contributed by atoms with Crippen molar-refractivity contribution in [1.82, 2.24) is 0 Å². The summed E-state index contributed by atoms with van der Waals surface area (Å²) in [5.41, 5.74) is 2.62. The molecule has 1 aliphatic rings. The van der Waals surface area contributed by atoms with Crippen LogP contribution in [0.2, 0.25) is 0 Å². The Morgan fingerprint density at radius 3 is 2.50 bits per heavy atom. The molecule has 0 aliphatic heterocycles. The van der Waals surface area contributed by atoms with Crippen LogP contribution in [0.1, 0.15) is 57.2 Å². The summed E-state index contributed by atoms with van der Waals surface area (Å²) < 4.78 is 16.5. The Morgan fingerprint density at radius 1 is 1.15 bits per heavy atom. The van der Waals surface area contributed by atoms with Crippen LogP contribution in [0.5, 0.6) is 5.75 Å². The molecule has 0 unspecified atom stereocenters. The Morgan fingerprint density at radius 2 is 1.85 bits per heavy atom. The Kier molecular flexibility index (Phi) is 5.08. The highest BCUT2D eigenvalue weighted by Gasteiger charge is 2.21. The van der Waals surface area contributed by atoms with Crippen LogP contribution in [0.25, 0.3) is 11.0 Å². The Bertz CT molecular complexity index is 886. The number of ether oxygens (including phenoxy) is 2. The highest BCUT2D eigenvalue weighted by Crippen LogP contribution is 2.32. The lowest BCUT2D eigenvalue weighted by Gasteiger charge is -2.20. The van der Waals surface area contributed by atoms with Gasteiger partial charge in [0.2, 0.25) is 0 Å². The summed E-state index contributed by atoms with van der Waals surface area (Å²) >= 11 is 0. The predicted molar refractivity (Wildman–Crippen MR) is 99.8 cm³/mol. The molecule has 0 amide bonds. The summed E-state index contributed by atoms with van der Waals surface area (Å²) in [5.74, 6) is 0.135. The van der Waals surface area contributed by atoms with E-state index in [9.17, 15) is 9.59 Å². The van der Waals surface area contributed by atoms with Gasteiger partial charge < -0.3 is 13.9 Å². The summed E-state index contributed by atoms with van der Waals surface area (Å²) in [5, 5.41) is 0.987. The Labute approximate surface area is 153 Å². The second-order valence-electron chi connectivity index (χ2n) is 7.74. The highest BCUT2D eigenvalue weighted by atomic mass is 16.6. The van der Waals surface area contributed by atoms with Crippen molar-refractivity contribution in [3.05, 3.63) is 39.2 Å². The molecular formula is C21H26O5. The van der Waals surface area contributed by atoms with Gasteiger partial charge in [-0.05, 0) is 70.1 Å². The fourth-order valence-electron chi connectivity index (χ4n) is 3.43. The lowest BCUT2D eigenvalue weighted by atomic mass is 9.90. The Hall–Kier alpha value is -2.30. The number of fused-ring (bicyclic) bond motifs is 3. The molecule has 0 bridgehead atoms. The van der Waals surface area contributed by atoms with E-state index in [1.807, 2.05) is 33.8 Å². The van der Waals surface area contributed by atoms with Crippen LogP contribution in [0, 0.1) is 0 Å². The third kappa shape index (κ3) is 3.92. The van der Waals surface area contributed by atoms with Crippen LogP contribution < -0.4 is 10.4 Å². The van der Waals surface area contributed by atoms with Crippen LogP contribution in [0.15, 0.2) is 21.3 Å². The van der Waals surface area contributed by atoms with Crippen molar-refractivity contribution in [1.29, 1.82) is 0 Å². The van der Waals surface area contributed by atoms with E-state index in [1.54, 1.807) is 6.07 Å². The first kappa shape index (κ1) is 18.5. The average molecular weight is 358 g/mol. The normalized spacial score (nSPS) is 14.2. The van der Waals surface area contributed by atoms with Crippen molar-refractivity contribution in [2.45, 2.75) is 65.4 Å². The first-order valence-electron chi connectivity index (χ1n) is 9.24. The van der Waals surface area contributed by atoms with Gasteiger partial charge in [-0.2, -0.15) is 0 Å². The number of carbonyl (C=O) groups is 1. The lowest BCUT2D eigenvalue weighted by Crippen LogP contribution is -2.27. The largest absolute Gasteiger partial charge is 0.481 e. The topological polar surface area (TPSA) is 65.7 Å². The van der Waals surface area contributed by atoms with E-state index in [1.165, 1.54) is 0 Å². The quantitative estimate of drug-likeness (QED) is 0.611. The van der Waals surface area contributed by atoms with E-state index in [-0.39, 0.29) is 12.2 Å². The standard InChI is InChI=1S/C21H26O5/c1-5-13-10-16-14-8-6-7-9-15(14)20(23)25-18(16)11-17(13)24-12-19(22)26-21(2,3)4/h10-11H,5-9,12H2,1-4H3. The molecule has 5 nitrogen and oxygen atoms in total. The first-order valence-corrected chi connectivity index (χ1v) is 9.24. The molecule has 5 heteroatoms. The van der Waals surface area contributed by atoms with Gasteiger partial charge in [0.15, 0.2) is 6.61 Å². The van der Waals surface area contributed by atoms with E-state index in [4.69, 9.17) is 13.9 Å². The summed E-state index contributed by atoms with van der Waals surface area (Å²) in [6.07, 6.45) is 4.56. The molecule has 0 atom stereocenters. The van der Waals surface area contributed by atoms with Gasteiger partial charge in [0.25, 0.3) is 0 Å². The highest BCUT2D eigenvalue weighted by molar-refractivity contribution is 5.84. The maximum atomic E-state index is 12.3. The van der Waals surface area contributed by atoms with E-state index in [0.717, 1.165) is 54.2 Å². The van der Waals surface area contributed by atoms with Crippen LogP contribution in [0.4, 0.5) is 0 Å². The lowest BCUT2D eigenvalue weighted by molar-refractivity contribution is -0.157. The summed E-state index contributed by atoms with van der Waals surface area (Å²) in [6, 6.07) is 3.77. The number of hydrogen-bond acceptors (Lipinski definition) is 5. The number of hydrogen-bond donors (Lipinski definition) is 0. The van der Waals surface area contributed by atoms with Crippen LogP contribution >= 0.6 is 0 Å². The minimum atomic E-state index is -0.552. The molecule has 26 heavy (non-hydrogen) atoms. The summed E-state index contributed by atoms with van der Waals surface area (Å²) in [6.45, 7) is 7.31. The van der Waals surface area contributed by atoms with E-state index in [0.29, 0.717) is 11.3 Å². The zero-order valence-electron chi connectivity index (χ0n) is 15.9. The SMILES string of the molecule is CCc1cc2c3c(c(=O)oc2cc1OCC(=O)OC(C)(C)C)CCCC3. The molecule has 140 valence electrons. The second kappa shape index (κ2) is 7.14. The molecule has 0 N–H and O–H groups in total. The van der Waals surface area contributed by atoms with Gasteiger partial charge in [-0.3, -0.25) is 0 Å². The average Bonchev–Trinajstić information content (AvgIpc) is 2.58. The minimum absolute atomic E-state index is 0.176. The van der Waals surface area contributed by atoms with Crippen molar-refractivity contribution < 1.29 is 18.7 Å². The summed E-state index contributed by atoms with van der Waals surface area (Å²) in [4.78, 5) is 24.2. The van der Waals surface area contributed by atoms with Gasteiger partial charge >= 0.3 is 11.6 Å². The zero-order chi connectivity index (χ0) is 18.9. The third-order valence-corrected chi connectivity index (χ3v) is 4.55. The Balaban J connectivity index is 1.94. The number of aryl methyl sites for hydroxylation is 2. The molecule has 1 heterocycles. The molecule has 1 aromatic carbocycles. The fraction of sp³-hybridized carbons (Fsp3) is 0.524. The minimum Gasteiger partial charge on any atom is -0.481 e. The van der Waals surface area contributed by atoms with Crippen molar-refractivity contribution in [3.8, 4) is 5.75 Å². The van der Waals surface area contributed by atoms with Crippen molar-refractivity contribution in [2.75, 3.05) is 6.61 Å². The molecule has 2 aromatic rings. The van der Waals surface area contributed by atoms with Gasteiger partial charge in [0.05, 0.1) is 0 Å².